The Morgan fingerprint density at radius 1 is 0.882 bits per heavy atom. The molecular formula is C29H54O5. The highest BCUT2D eigenvalue weighted by atomic mass is 16.6. The SMILES string of the molecule is CC(C)C(C)(C)CCCCC(=O)OC(C)(C)C(C)(C)CCCC(CC1CO1)C(=O)OC(C)(C)C. The molecule has 0 amide bonds. The smallest absolute Gasteiger partial charge is 0.309 e. The third-order valence-electron chi connectivity index (χ3n) is 8.06. The number of hydrogen-bond acceptors (Lipinski definition) is 5. The van der Waals surface area contributed by atoms with Crippen LogP contribution in [0, 0.1) is 22.7 Å². The summed E-state index contributed by atoms with van der Waals surface area (Å²) in [7, 11) is 0. The van der Waals surface area contributed by atoms with E-state index in [2.05, 4.69) is 41.5 Å². The van der Waals surface area contributed by atoms with Gasteiger partial charge in [0.1, 0.15) is 11.2 Å². The molecule has 1 aliphatic rings. The highest BCUT2D eigenvalue weighted by Crippen LogP contribution is 2.40. The van der Waals surface area contributed by atoms with E-state index in [1.807, 2.05) is 34.6 Å². The molecule has 34 heavy (non-hydrogen) atoms. The van der Waals surface area contributed by atoms with E-state index in [1.54, 1.807) is 0 Å². The van der Waals surface area contributed by atoms with Crippen molar-refractivity contribution in [2.75, 3.05) is 6.61 Å². The molecule has 0 aliphatic carbocycles. The summed E-state index contributed by atoms with van der Waals surface area (Å²) in [5.74, 6) is 0.235. The average molecular weight is 483 g/mol. The molecule has 0 radical (unpaired) electrons. The van der Waals surface area contributed by atoms with E-state index in [0.29, 0.717) is 17.8 Å². The highest BCUT2D eigenvalue weighted by molar-refractivity contribution is 5.73. The quantitative estimate of drug-likeness (QED) is 0.137. The molecule has 0 aromatic carbocycles. The van der Waals surface area contributed by atoms with E-state index in [9.17, 15) is 9.59 Å². The van der Waals surface area contributed by atoms with Crippen LogP contribution in [0.5, 0.6) is 0 Å². The molecule has 5 nitrogen and oxygen atoms in total. The summed E-state index contributed by atoms with van der Waals surface area (Å²) in [5, 5.41) is 0. The van der Waals surface area contributed by atoms with E-state index in [0.717, 1.165) is 51.6 Å². The van der Waals surface area contributed by atoms with Crippen LogP contribution in [0.3, 0.4) is 0 Å². The molecular weight excluding hydrogens is 428 g/mol. The van der Waals surface area contributed by atoms with Gasteiger partial charge in [0.15, 0.2) is 0 Å². The van der Waals surface area contributed by atoms with Crippen LogP contribution in [-0.4, -0.2) is 35.9 Å². The maximum absolute atomic E-state index is 12.7. The zero-order chi connectivity index (χ0) is 26.4. The van der Waals surface area contributed by atoms with Gasteiger partial charge in [0.05, 0.1) is 18.6 Å². The monoisotopic (exact) mass is 482 g/mol. The normalized spacial score (nSPS) is 18.1. The van der Waals surface area contributed by atoms with Crippen LogP contribution in [0.25, 0.3) is 0 Å². The Bertz CT molecular complexity index is 650. The molecule has 1 heterocycles. The predicted molar refractivity (Wildman–Crippen MR) is 139 cm³/mol. The van der Waals surface area contributed by atoms with Crippen molar-refractivity contribution >= 4 is 11.9 Å². The Morgan fingerprint density at radius 2 is 1.47 bits per heavy atom. The van der Waals surface area contributed by atoms with Gasteiger partial charge in [-0.2, -0.15) is 0 Å². The summed E-state index contributed by atoms with van der Waals surface area (Å²) in [5.41, 5.74) is -0.979. The van der Waals surface area contributed by atoms with Crippen LogP contribution in [0.2, 0.25) is 0 Å². The van der Waals surface area contributed by atoms with E-state index < -0.39 is 11.2 Å². The van der Waals surface area contributed by atoms with Gasteiger partial charge in [-0.05, 0) is 78.1 Å². The van der Waals surface area contributed by atoms with Crippen LogP contribution in [-0.2, 0) is 23.8 Å². The van der Waals surface area contributed by atoms with Crippen LogP contribution >= 0.6 is 0 Å². The summed E-state index contributed by atoms with van der Waals surface area (Å²) in [4.78, 5) is 25.3. The van der Waals surface area contributed by atoms with Gasteiger partial charge in [-0.15, -0.1) is 0 Å². The predicted octanol–water partition coefficient (Wildman–Crippen LogP) is 7.49. The number of hydrogen-bond donors (Lipinski definition) is 0. The first-order chi connectivity index (χ1) is 15.4. The maximum Gasteiger partial charge on any atom is 0.309 e. The number of unbranched alkanes of at least 4 members (excludes halogenated alkanes) is 1. The molecule has 0 aromatic heterocycles. The van der Waals surface area contributed by atoms with Crippen molar-refractivity contribution in [1.29, 1.82) is 0 Å². The molecule has 1 fully saturated rings. The van der Waals surface area contributed by atoms with Gasteiger partial charge in [0.2, 0.25) is 0 Å². The maximum atomic E-state index is 12.7. The Labute approximate surface area is 210 Å². The van der Waals surface area contributed by atoms with Crippen molar-refractivity contribution in [3.05, 3.63) is 0 Å². The first-order valence-corrected chi connectivity index (χ1v) is 13.4. The molecule has 1 rings (SSSR count). The molecule has 1 aliphatic heterocycles. The Kier molecular flexibility index (Phi) is 11.1. The van der Waals surface area contributed by atoms with Gasteiger partial charge in [-0.3, -0.25) is 9.59 Å². The first kappa shape index (κ1) is 30.9. The third kappa shape index (κ3) is 11.1. The number of carbonyl (C=O) groups excluding carboxylic acids is 2. The summed E-state index contributed by atoms with van der Waals surface area (Å²) < 4.78 is 17.0. The molecule has 2 atom stereocenters. The lowest BCUT2D eigenvalue weighted by Gasteiger charge is -2.41. The molecule has 5 heteroatoms. The second-order valence-electron chi connectivity index (χ2n) is 13.5. The third-order valence-corrected chi connectivity index (χ3v) is 8.06. The number of epoxide rings is 1. The zero-order valence-corrected chi connectivity index (χ0v) is 24.1. The van der Waals surface area contributed by atoms with Crippen molar-refractivity contribution < 1.29 is 23.8 Å². The van der Waals surface area contributed by atoms with Crippen molar-refractivity contribution in [2.24, 2.45) is 22.7 Å². The second-order valence-corrected chi connectivity index (χ2v) is 13.5. The molecule has 0 bridgehead atoms. The van der Waals surface area contributed by atoms with Gasteiger partial charge >= 0.3 is 11.9 Å². The molecule has 1 saturated heterocycles. The van der Waals surface area contributed by atoms with Gasteiger partial charge < -0.3 is 14.2 Å². The average Bonchev–Trinajstić information content (AvgIpc) is 3.46. The molecule has 0 N–H and O–H groups in total. The Morgan fingerprint density at radius 3 is 1.97 bits per heavy atom. The Balaban J connectivity index is 2.52. The van der Waals surface area contributed by atoms with Gasteiger partial charge in [0.25, 0.3) is 0 Å². The van der Waals surface area contributed by atoms with Crippen molar-refractivity contribution in [2.45, 2.75) is 145 Å². The molecule has 0 saturated carbocycles. The van der Waals surface area contributed by atoms with Gasteiger partial charge in [-0.25, -0.2) is 0 Å². The second kappa shape index (κ2) is 12.2. The fourth-order valence-electron chi connectivity index (χ4n) is 3.94. The van der Waals surface area contributed by atoms with Crippen LogP contribution in [0.15, 0.2) is 0 Å². The summed E-state index contributed by atoms with van der Waals surface area (Å²) >= 11 is 0. The fraction of sp³-hybridized carbons (Fsp3) is 0.931. The van der Waals surface area contributed by atoms with Crippen LogP contribution in [0.1, 0.15) is 128 Å². The largest absolute Gasteiger partial charge is 0.460 e. The van der Waals surface area contributed by atoms with E-state index in [-0.39, 0.29) is 29.4 Å². The molecule has 0 spiro atoms. The molecule has 2 unspecified atom stereocenters. The number of carbonyl (C=O) groups is 2. The standard InChI is InChI=1S/C29H54O5/c1-21(2)27(6,7)17-13-12-16-24(30)33-29(10,11)28(8,9)18-14-15-22(19-23-20-32-23)25(31)34-26(3,4)5/h21-23H,12-20H2,1-11H3. The first-order valence-electron chi connectivity index (χ1n) is 13.4. The Hall–Kier alpha value is -1.10. The number of esters is 2. The van der Waals surface area contributed by atoms with Crippen molar-refractivity contribution in [3.63, 3.8) is 0 Å². The minimum absolute atomic E-state index is 0.113. The van der Waals surface area contributed by atoms with Crippen molar-refractivity contribution in [3.8, 4) is 0 Å². The lowest BCUT2D eigenvalue weighted by Crippen LogP contribution is -2.43. The lowest BCUT2D eigenvalue weighted by molar-refractivity contribution is -0.169. The lowest BCUT2D eigenvalue weighted by atomic mass is 9.73. The summed E-state index contributed by atoms with van der Waals surface area (Å²) in [6, 6.07) is 0. The summed E-state index contributed by atoms with van der Waals surface area (Å²) in [6.45, 7) is 23.9. The number of ether oxygens (including phenoxy) is 3. The minimum Gasteiger partial charge on any atom is -0.460 e. The van der Waals surface area contributed by atoms with Crippen LogP contribution in [0.4, 0.5) is 0 Å². The topological polar surface area (TPSA) is 65.1 Å². The van der Waals surface area contributed by atoms with E-state index in [1.165, 1.54) is 0 Å². The van der Waals surface area contributed by atoms with Gasteiger partial charge in [-0.1, -0.05) is 54.4 Å². The van der Waals surface area contributed by atoms with Crippen LogP contribution < -0.4 is 0 Å². The zero-order valence-electron chi connectivity index (χ0n) is 24.1. The fourth-order valence-corrected chi connectivity index (χ4v) is 3.94. The minimum atomic E-state index is -0.581. The summed E-state index contributed by atoms with van der Waals surface area (Å²) in [6.07, 6.45) is 6.90. The molecule has 200 valence electrons. The van der Waals surface area contributed by atoms with E-state index in [4.69, 9.17) is 14.2 Å². The number of rotatable bonds is 15. The van der Waals surface area contributed by atoms with E-state index >= 15 is 0 Å². The highest BCUT2D eigenvalue weighted by Gasteiger charge is 2.40. The van der Waals surface area contributed by atoms with Crippen molar-refractivity contribution in [1.82, 2.24) is 0 Å². The van der Waals surface area contributed by atoms with Gasteiger partial charge in [0, 0.05) is 11.8 Å². The molecule has 0 aromatic rings.